The van der Waals surface area contributed by atoms with E-state index in [1.54, 1.807) is 12.1 Å². The number of aliphatic carboxylic acids is 1. The molecule has 0 heterocycles. The maximum Gasteiger partial charge on any atom is 0.303 e. The van der Waals surface area contributed by atoms with E-state index in [1.165, 1.54) is 12.1 Å². The first-order chi connectivity index (χ1) is 8.89. The minimum Gasteiger partial charge on any atom is -0.508 e. The summed E-state index contributed by atoms with van der Waals surface area (Å²) in [5.74, 6) is -1.02. The van der Waals surface area contributed by atoms with Crippen molar-refractivity contribution < 1.29 is 23.4 Å². The van der Waals surface area contributed by atoms with Gasteiger partial charge in [0.2, 0.25) is 10.0 Å². The van der Waals surface area contributed by atoms with E-state index in [4.69, 9.17) is 10.2 Å². The van der Waals surface area contributed by atoms with Crippen molar-refractivity contribution in [1.29, 1.82) is 0 Å². The first-order valence-electron chi connectivity index (χ1n) is 5.86. The SMILES string of the molecule is O=C(O)CCCS(=O)(=O)NCCc1ccc(O)cc1. The lowest BCUT2D eigenvalue weighted by atomic mass is 10.1. The summed E-state index contributed by atoms with van der Waals surface area (Å²) >= 11 is 0. The summed E-state index contributed by atoms with van der Waals surface area (Å²) in [6.07, 6.45) is 0.460. The number of rotatable bonds is 8. The highest BCUT2D eigenvalue weighted by Gasteiger charge is 2.10. The van der Waals surface area contributed by atoms with Gasteiger partial charge in [0.25, 0.3) is 0 Å². The number of carboxylic acids is 1. The van der Waals surface area contributed by atoms with Crippen molar-refractivity contribution in [2.75, 3.05) is 12.3 Å². The predicted octanol–water partition coefficient (Wildman–Crippen LogP) is 0.719. The topological polar surface area (TPSA) is 104 Å². The number of phenolic OH excluding ortho intramolecular Hbond substituents is 1. The summed E-state index contributed by atoms with van der Waals surface area (Å²) in [6, 6.07) is 6.51. The second-order valence-corrected chi connectivity index (χ2v) is 6.05. The second kappa shape index (κ2) is 7.10. The second-order valence-electron chi connectivity index (χ2n) is 4.13. The van der Waals surface area contributed by atoms with Crippen LogP contribution in [0.2, 0.25) is 0 Å². The van der Waals surface area contributed by atoms with Gasteiger partial charge in [-0.1, -0.05) is 12.1 Å². The van der Waals surface area contributed by atoms with Gasteiger partial charge in [-0.05, 0) is 30.5 Å². The third-order valence-electron chi connectivity index (χ3n) is 2.48. The van der Waals surface area contributed by atoms with Crippen LogP contribution in [-0.4, -0.2) is 36.9 Å². The highest BCUT2D eigenvalue weighted by atomic mass is 32.2. The Hall–Kier alpha value is -1.60. The van der Waals surface area contributed by atoms with Crippen LogP contribution in [0.3, 0.4) is 0 Å². The fourth-order valence-corrected chi connectivity index (χ4v) is 2.58. The Kier molecular flexibility index (Phi) is 5.78. The molecule has 0 unspecified atom stereocenters. The average Bonchev–Trinajstić information content (AvgIpc) is 2.30. The normalized spacial score (nSPS) is 11.4. The number of phenols is 1. The summed E-state index contributed by atoms with van der Waals surface area (Å²) in [5.41, 5.74) is 0.908. The van der Waals surface area contributed by atoms with Crippen molar-refractivity contribution >= 4 is 16.0 Å². The van der Waals surface area contributed by atoms with Crippen molar-refractivity contribution in [3.8, 4) is 5.75 Å². The predicted molar refractivity (Wildman–Crippen MR) is 70.5 cm³/mol. The fourth-order valence-electron chi connectivity index (χ4n) is 1.50. The Labute approximate surface area is 112 Å². The molecule has 1 rings (SSSR count). The zero-order valence-electron chi connectivity index (χ0n) is 10.4. The van der Waals surface area contributed by atoms with Crippen LogP contribution in [0.4, 0.5) is 0 Å². The monoisotopic (exact) mass is 287 g/mol. The zero-order valence-corrected chi connectivity index (χ0v) is 11.2. The van der Waals surface area contributed by atoms with E-state index in [0.717, 1.165) is 5.56 Å². The molecule has 0 saturated carbocycles. The van der Waals surface area contributed by atoms with E-state index in [9.17, 15) is 13.2 Å². The van der Waals surface area contributed by atoms with Crippen molar-refractivity contribution in [3.05, 3.63) is 29.8 Å². The lowest BCUT2D eigenvalue weighted by molar-refractivity contribution is -0.137. The lowest BCUT2D eigenvalue weighted by Crippen LogP contribution is -2.28. The molecule has 0 bridgehead atoms. The molecule has 0 aliphatic rings. The van der Waals surface area contributed by atoms with Crippen molar-refractivity contribution in [1.82, 2.24) is 4.72 Å². The number of hydrogen-bond donors (Lipinski definition) is 3. The van der Waals surface area contributed by atoms with Gasteiger partial charge >= 0.3 is 5.97 Å². The quantitative estimate of drug-likeness (QED) is 0.653. The van der Waals surface area contributed by atoms with Gasteiger partial charge in [-0.2, -0.15) is 0 Å². The number of hydrogen-bond acceptors (Lipinski definition) is 4. The molecule has 0 fully saturated rings. The largest absolute Gasteiger partial charge is 0.508 e. The molecule has 106 valence electrons. The average molecular weight is 287 g/mol. The molecule has 1 aromatic rings. The van der Waals surface area contributed by atoms with Crippen LogP contribution in [0, 0.1) is 0 Å². The minimum atomic E-state index is -3.42. The Bertz CT molecular complexity index is 509. The third-order valence-corrected chi connectivity index (χ3v) is 3.95. The lowest BCUT2D eigenvalue weighted by Gasteiger charge is -2.06. The number of carbonyl (C=O) groups is 1. The van der Waals surface area contributed by atoms with Gasteiger partial charge in [0.15, 0.2) is 0 Å². The number of sulfonamides is 1. The molecule has 6 nitrogen and oxygen atoms in total. The Morgan fingerprint density at radius 2 is 1.84 bits per heavy atom. The standard InChI is InChI=1S/C12H17NO5S/c14-11-5-3-10(4-6-11)7-8-13-19(17,18)9-1-2-12(15)16/h3-6,13-14H,1-2,7-9H2,(H,15,16). The molecule has 0 atom stereocenters. The summed E-state index contributed by atoms with van der Waals surface area (Å²) < 4.78 is 25.4. The maximum absolute atomic E-state index is 11.5. The molecule has 0 aliphatic heterocycles. The van der Waals surface area contributed by atoms with E-state index in [0.29, 0.717) is 6.42 Å². The molecule has 0 amide bonds. The van der Waals surface area contributed by atoms with Gasteiger partial charge in [0.05, 0.1) is 5.75 Å². The summed E-state index contributed by atoms with van der Waals surface area (Å²) in [5, 5.41) is 17.5. The molecule has 7 heteroatoms. The highest BCUT2D eigenvalue weighted by molar-refractivity contribution is 7.89. The number of nitrogens with one attached hydrogen (secondary N) is 1. The molecule has 3 N–H and O–H groups in total. The first-order valence-corrected chi connectivity index (χ1v) is 7.51. The molecule has 0 aromatic heterocycles. The summed E-state index contributed by atoms with van der Waals surface area (Å²) in [7, 11) is -3.42. The zero-order chi connectivity index (χ0) is 14.3. The van der Waals surface area contributed by atoms with E-state index in [-0.39, 0.29) is 30.9 Å². The minimum absolute atomic E-state index is 0.101. The first kappa shape index (κ1) is 15.5. The van der Waals surface area contributed by atoms with Gasteiger partial charge in [0.1, 0.15) is 5.75 Å². The van der Waals surface area contributed by atoms with Crippen LogP contribution in [0.5, 0.6) is 5.75 Å². The molecule has 19 heavy (non-hydrogen) atoms. The van der Waals surface area contributed by atoms with Crippen LogP contribution >= 0.6 is 0 Å². The van der Waals surface area contributed by atoms with Crippen molar-refractivity contribution in [2.45, 2.75) is 19.3 Å². The number of aromatic hydroxyl groups is 1. The van der Waals surface area contributed by atoms with Crippen LogP contribution in [0.25, 0.3) is 0 Å². The Morgan fingerprint density at radius 3 is 2.42 bits per heavy atom. The van der Waals surface area contributed by atoms with E-state index in [1.807, 2.05) is 0 Å². The molecule has 0 aliphatic carbocycles. The molecular weight excluding hydrogens is 270 g/mol. The Morgan fingerprint density at radius 1 is 1.21 bits per heavy atom. The smallest absolute Gasteiger partial charge is 0.303 e. The maximum atomic E-state index is 11.5. The van der Waals surface area contributed by atoms with Gasteiger partial charge in [-0.3, -0.25) is 4.79 Å². The van der Waals surface area contributed by atoms with E-state index >= 15 is 0 Å². The fraction of sp³-hybridized carbons (Fsp3) is 0.417. The van der Waals surface area contributed by atoms with E-state index in [2.05, 4.69) is 4.72 Å². The van der Waals surface area contributed by atoms with Crippen LogP contribution < -0.4 is 4.72 Å². The summed E-state index contributed by atoms with van der Waals surface area (Å²) in [6.45, 7) is 0.250. The highest BCUT2D eigenvalue weighted by Crippen LogP contribution is 2.09. The molecular formula is C12H17NO5S. The van der Waals surface area contributed by atoms with Gasteiger partial charge in [-0.25, -0.2) is 13.1 Å². The molecule has 0 saturated heterocycles. The summed E-state index contributed by atoms with van der Waals surface area (Å²) in [4.78, 5) is 10.3. The van der Waals surface area contributed by atoms with E-state index < -0.39 is 16.0 Å². The molecule has 0 spiro atoms. The Balaban J connectivity index is 2.31. The third kappa shape index (κ3) is 6.78. The molecule has 1 aromatic carbocycles. The van der Waals surface area contributed by atoms with Gasteiger partial charge in [0, 0.05) is 13.0 Å². The van der Waals surface area contributed by atoms with Gasteiger partial charge in [-0.15, -0.1) is 0 Å². The van der Waals surface area contributed by atoms with Gasteiger partial charge < -0.3 is 10.2 Å². The van der Waals surface area contributed by atoms with Crippen molar-refractivity contribution in [2.24, 2.45) is 0 Å². The van der Waals surface area contributed by atoms with Crippen LogP contribution in [0.15, 0.2) is 24.3 Å². The van der Waals surface area contributed by atoms with Crippen molar-refractivity contribution in [3.63, 3.8) is 0 Å². The number of carboxylic acid groups (broad SMARTS) is 1. The van der Waals surface area contributed by atoms with Crippen LogP contribution in [-0.2, 0) is 21.2 Å². The molecule has 0 radical (unpaired) electrons. The van der Waals surface area contributed by atoms with Crippen LogP contribution in [0.1, 0.15) is 18.4 Å². The number of benzene rings is 1.